The van der Waals surface area contributed by atoms with Gasteiger partial charge in [-0.3, -0.25) is 19.5 Å². The lowest BCUT2D eigenvalue weighted by molar-refractivity contribution is -0.119. The van der Waals surface area contributed by atoms with Crippen LogP contribution in [0.4, 0.5) is 4.79 Å². The van der Waals surface area contributed by atoms with Gasteiger partial charge in [0.15, 0.2) is 5.16 Å². The maximum atomic E-state index is 13.1. The fourth-order valence-corrected chi connectivity index (χ4v) is 4.64. The molecule has 2 aromatic rings. The number of hydrogen-bond donors (Lipinski definition) is 2. The molecule has 0 aliphatic rings. The number of fused-ring (bicyclic) bond motifs is 1. The average Bonchev–Trinajstić information content (AvgIpc) is 2.87. The van der Waals surface area contributed by atoms with Gasteiger partial charge in [-0.15, -0.1) is 11.3 Å². The van der Waals surface area contributed by atoms with Crippen molar-refractivity contribution in [2.24, 2.45) is 0 Å². The maximum Gasteiger partial charge on any atom is 0.321 e. The summed E-state index contributed by atoms with van der Waals surface area (Å²) in [6.07, 6.45) is 1.79. The van der Waals surface area contributed by atoms with Gasteiger partial charge in [-0.05, 0) is 46.6 Å². The number of carbonyl (C=O) groups is 2. The van der Waals surface area contributed by atoms with Crippen LogP contribution < -0.4 is 16.2 Å². The predicted molar refractivity (Wildman–Crippen MR) is 115 cm³/mol. The molecule has 154 valence electrons. The van der Waals surface area contributed by atoms with Crippen LogP contribution in [0.25, 0.3) is 10.2 Å². The molecule has 3 amide bonds. The molecule has 2 aromatic heterocycles. The monoisotopic (exact) mass is 424 g/mol. The summed E-state index contributed by atoms with van der Waals surface area (Å²) >= 11 is 2.69. The first-order chi connectivity index (χ1) is 13.1. The molecular formula is C19H28N4O3S2. The van der Waals surface area contributed by atoms with Crippen LogP contribution in [0.1, 0.15) is 51.0 Å². The fourth-order valence-electron chi connectivity index (χ4n) is 2.64. The molecule has 0 saturated carbocycles. The van der Waals surface area contributed by atoms with E-state index in [-0.39, 0.29) is 11.6 Å². The molecule has 2 N–H and O–H groups in total. The minimum atomic E-state index is -0.572. The van der Waals surface area contributed by atoms with E-state index >= 15 is 0 Å². The molecule has 0 unspecified atom stereocenters. The number of rotatable bonds is 7. The Bertz CT molecular complexity index is 933. The standard InChI is InChI=1S/C19H28N4O3S2/c1-7-8-9-23-17(25)14-11(4)12(5)27-16(14)22-19(23)28-13(6)15(24)21-18(26)20-10(2)3/h10,13H,7-9H2,1-6H3,(H2,20,21,24,26)/t13-/m0/s1. The number of urea groups is 1. The Kier molecular flexibility index (Phi) is 7.65. The molecule has 0 fully saturated rings. The smallest absolute Gasteiger partial charge is 0.321 e. The van der Waals surface area contributed by atoms with E-state index in [1.54, 1.807) is 11.5 Å². The lowest BCUT2D eigenvalue weighted by atomic mass is 10.2. The van der Waals surface area contributed by atoms with Gasteiger partial charge in [0, 0.05) is 17.5 Å². The summed E-state index contributed by atoms with van der Waals surface area (Å²) in [4.78, 5) is 43.7. The van der Waals surface area contributed by atoms with Gasteiger partial charge in [0.25, 0.3) is 5.56 Å². The quantitative estimate of drug-likeness (QED) is 0.523. The number of aryl methyl sites for hydroxylation is 2. The van der Waals surface area contributed by atoms with Gasteiger partial charge in [0.1, 0.15) is 4.83 Å². The van der Waals surface area contributed by atoms with Gasteiger partial charge in [0.2, 0.25) is 5.91 Å². The van der Waals surface area contributed by atoms with Crippen LogP contribution >= 0.6 is 23.1 Å². The molecule has 0 bridgehead atoms. The van der Waals surface area contributed by atoms with Crippen molar-refractivity contribution in [3.8, 4) is 0 Å². The third-order valence-corrected chi connectivity index (χ3v) is 6.49. The molecule has 2 rings (SSSR count). The van der Waals surface area contributed by atoms with E-state index in [1.165, 1.54) is 23.1 Å². The van der Waals surface area contributed by atoms with E-state index in [0.29, 0.717) is 21.9 Å². The molecule has 7 nitrogen and oxygen atoms in total. The predicted octanol–water partition coefficient (Wildman–Crippen LogP) is 3.59. The Labute approximate surface area is 173 Å². The van der Waals surface area contributed by atoms with E-state index in [1.807, 2.05) is 27.7 Å². The number of amides is 3. The van der Waals surface area contributed by atoms with E-state index in [0.717, 1.165) is 23.3 Å². The van der Waals surface area contributed by atoms with Crippen LogP contribution in [-0.4, -0.2) is 32.8 Å². The van der Waals surface area contributed by atoms with Crippen LogP contribution in [0.3, 0.4) is 0 Å². The summed E-state index contributed by atoms with van der Waals surface area (Å²) in [6, 6.07) is -0.590. The molecule has 0 aliphatic carbocycles. The number of thioether (sulfide) groups is 1. The first-order valence-electron chi connectivity index (χ1n) is 9.44. The second kappa shape index (κ2) is 9.56. The van der Waals surface area contributed by atoms with E-state index in [4.69, 9.17) is 0 Å². The highest BCUT2D eigenvalue weighted by molar-refractivity contribution is 8.00. The summed E-state index contributed by atoms with van der Waals surface area (Å²) in [7, 11) is 0. The average molecular weight is 425 g/mol. The Morgan fingerprint density at radius 1 is 1.25 bits per heavy atom. The van der Waals surface area contributed by atoms with Crippen molar-refractivity contribution in [1.29, 1.82) is 0 Å². The number of aromatic nitrogens is 2. The zero-order valence-corrected chi connectivity index (χ0v) is 18.8. The lowest BCUT2D eigenvalue weighted by Crippen LogP contribution is -2.45. The highest BCUT2D eigenvalue weighted by Gasteiger charge is 2.22. The summed E-state index contributed by atoms with van der Waals surface area (Å²) < 4.78 is 1.66. The van der Waals surface area contributed by atoms with Crippen molar-refractivity contribution < 1.29 is 9.59 Å². The number of carbonyl (C=O) groups excluding carboxylic acids is 2. The molecule has 0 radical (unpaired) electrons. The van der Waals surface area contributed by atoms with Gasteiger partial charge in [-0.2, -0.15) is 0 Å². The second-order valence-electron chi connectivity index (χ2n) is 7.05. The molecule has 1 atom stereocenters. The molecule has 0 aliphatic heterocycles. The van der Waals surface area contributed by atoms with Crippen molar-refractivity contribution in [2.45, 2.75) is 77.4 Å². The highest BCUT2D eigenvalue weighted by atomic mass is 32.2. The minimum absolute atomic E-state index is 0.0621. The van der Waals surface area contributed by atoms with Crippen LogP contribution in [-0.2, 0) is 11.3 Å². The number of thiophene rings is 1. The van der Waals surface area contributed by atoms with Crippen LogP contribution in [0.15, 0.2) is 9.95 Å². The molecule has 28 heavy (non-hydrogen) atoms. The van der Waals surface area contributed by atoms with Gasteiger partial charge in [-0.1, -0.05) is 25.1 Å². The van der Waals surface area contributed by atoms with Crippen LogP contribution in [0, 0.1) is 13.8 Å². The summed E-state index contributed by atoms with van der Waals surface area (Å²) in [6.45, 7) is 11.9. The van der Waals surface area contributed by atoms with E-state index in [9.17, 15) is 14.4 Å². The van der Waals surface area contributed by atoms with Crippen LogP contribution in [0.5, 0.6) is 0 Å². The van der Waals surface area contributed by atoms with Crippen molar-refractivity contribution in [3.05, 3.63) is 20.8 Å². The Morgan fingerprint density at radius 3 is 2.54 bits per heavy atom. The number of hydrogen-bond acceptors (Lipinski definition) is 6. The molecule has 2 heterocycles. The fraction of sp³-hybridized carbons (Fsp3) is 0.579. The van der Waals surface area contributed by atoms with Gasteiger partial charge >= 0.3 is 6.03 Å². The van der Waals surface area contributed by atoms with Crippen molar-refractivity contribution in [2.75, 3.05) is 0 Å². The summed E-state index contributed by atoms with van der Waals surface area (Å²) in [5.41, 5.74) is 0.906. The second-order valence-corrected chi connectivity index (χ2v) is 9.56. The lowest BCUT2D eigenvalue weighted by Gasteiger charge is -2.16. The van der Waals surface area contributed by atoms with Crippen molar-refractivity contribution in [3.63, 3.8) is 0 Å². The Hall–Kier alpha value is -1.87. The summed E-state index contributed by atoms with van der Waals surface area (Å²) in [5, 5.41) is 5.57. The van der Waals surface area contributed by atoms with Gasteiger partial charge in [0.05, 0.1) is 10.6 Å². The van der Waals surface area contributed by atoms with Gasteiger partial charge in [-0.25, -0.2) is 9.78 Å². The number of nitrogens with one attached hydrogen (secondary N) is 2. The minimum Gasteiger partial charge on any atom is -0.336 e. The van der Waals surface area contributed by atoms with E-state index in [2.05, 4.69) is 22.5 Å². The first-order valence-corrected chi connectivity index (χ1v) is 11.1. The first kappa shape index (κ1) is 22.4. The third kappa shape index (κ3) is 5.14. The van der Waals surface area contributed by atoms with Crippen molar-refractivity contribution in [1.82, 2.24) is 20.2 Å². The Morgan fingerprint density at radius 2 is 1.93 bits per heavy atom. The molecular weight excluding hydrogens is 396 g/mol. The SMILES string of the molecule is CCCCn1c(S[C@@H](C)C(=O)NC(=O)NC(C)C)nc2sc(C)c(C)c2c1=O. The summed E-state index contributed by atoms with van der Waals surface area (Å²) in [5.74, 6) is -0.418. The number of imide groups is 1. The van der Waals surface area contributed by atoms with Crippen molar-refractivity contribution >= 4 is 45.3 Å². The Balaban J connectivity index is 2.32. The topological polar surface area (TPSA) is 93.1 Å². The van der Waals surface area contributed by atoms with E-state index < -0.39 is 17.2 Å². The number of nitrogens with zero attached hydrogens (tertiary/aromatic N) is 2. The number of unbranched alkanes of at least 4 members (excludes halogenated alkanes) is 1. The zero-order valence-electron chi connectivity index (χ0n) is 17.2. The molecule has 0 saturated heterocycles. The molecule has 9 heteroatoms. The largest absolute Gasteiger partial charge is 0.336 e. The van der Waals surface area contributed by atoms with Gasteiger partial charge < -0.3 is 5.32 Å². The normalized spacial score (nSPS) is 12.4. The highest BCUT2D eigenvalue weighted by Crippen LogP contribution is 2.29. The zero-order chi connectivity index (χ0) is 21.0. The molecule has 0 spiro atoms. The third-order valence-electron chi connectivity index (χ3n) is 4.30. The molecule has 0 aromatic carbocycles. The van der Waals surface area contributed by atoms with Crippen LogP contribution in [0.2, 0.25) is 0 Å². The maximum absolute atomic E-state index is 13.1.